The molecule has 6 nitrogen and oxygen atoms in total. The molecule has 0 radical (unpaired) electrons. The Morgan fingerprint density at radius 1 is 1.35 bits per heavy atom. The van der Waals surface area contributed by atoms with Gasteiger partial charge in [-0.1, -0.05) is 0 Å². The third-order valence-electron chi connectivity index (χ3n) is 2.70. The molecule has 0 amide bonds. The van der Waals surface area contributed by atoms with Crippen LogP contribution in [0.15, 0.2) is 4.90 Å². The van der Waals surface area contributed by atoms with Gasteiger partial charge in [0.15, 0.2) is 0 Å². The molecule has 0 aliphatic rings. The summed E-state index contributed by atoms with van der Waals surface area (Å²) >= 11 is 0. The van der Waals surface area contributed by atoms with Gasteiger partial charge in [-0.3, -0.25) is 4.68 Å². The van der Waals surface area contributed by atoms with E-state index in [9.17, 15) is 21.6 Å². The summed E-state index contributed by atoms with van der Waals surface area (Å²) in [6.07, 6.45) is -4.62. The van der Waals surface area contributed by atoms with E-state index in [4.69, 9.17) is 5.11 Å². The molecule has 10 heteroatoms. The Kier molecular flexibility index (Phi) is 4.82. The van der Waals surface area contributed by atoms with Crippen LogP contribution < -0.4 is 0 Å². The van der Waals surface area contributed by atoms with Gasteiger partial charge in [-0.05, 0) is 13.8 Å². The van der Waals surface area contributed by atoms with Crippen molar-refractivity contribution in [3.8, 4) is 0 Å². The van der Waals surface area contributed by atoms with Crippen LogP contribution in [0, 0.1) is 13.8 Å². The number of halogens is 3. The lowest BCUT2D eigenvalue weighted by atomic mass is 10.4. The molecule has 0 atom stereocenters. The van der Waals surface area contributed by atoms with E-state index in [2.05, 4.69) is 5.10 Å². The van der Waals surface area contributed by atoms with Gasteiger partial charge in [0.05, 0.1) is 24.5 Å². The van der Waals surface area contributed by atoms with Gasteiger partial charge in [0.25, 0.3) is 0 Å². The first-order valence-corrected chi connectivity index (χ1v) is 7.12. The summed E-state index contributed by atoms with van der Waals surface area (Å²) in [4.78, 5) is -0.252. The topological polar surface area (TPSA) is 75.4 Å². The molecule has 0 bridgehead atoms. The molecule has 20 heavy (non-hydrogen) atoms. The van der Waals surface area contributed by atoms with Crippen LogP contribution in [0.3, 0.4) is 0 Å². The summed E-state index contributed by atoms with van der Waals surface area (Å²) in [6, 6.07) is 0. The summed E-state index contributed by atoms with van der Waals surface area (Å²) < 4.78 is 62.8. The second kappa shape index (κ2) is 5.70. The van der Waals surface area contributed by atoms with Crippen molar-refractivity contribution >= 4 is 10.0 Å². The second-order valence-electron chi connectivity index (χ2n) is 4.32. The van der Waals surface area contributed by atoms with E-state index in [-0.39, 0.29) is 33.7 Å². The summed E-state index contributed by atoms with van der Waals surface area (Å²) in [6.45, 7) is 1.09. The number of hydrogen-bond donors (Lipinski definition) is 1. The predicted octanol–water partition coefficient (Wildman–Crippen LogP) is 0.675. The Balaban J connectivity index is 3.22. The number of sulfonamides is 1. The van der Waals surface area contributed by atoms with Gasteiger partial charge in [0.1, 0.15) is 11.4 Å². The fourth-order valence-electron chi connectivity index (χ4n) is 1.86. The molecule has 0 spiro atoms. The second-order valence-corrected chi connectivity index (χ2v) is 6.30. The molecule has 1 N–H and O–H groups in total. The van der Waals surface area contributed by atoms with Crippen molar-refractivity contribution in [2.45, 2.75) is 31.5 Å². The lowest BCUT2D eigenvalue weighted by Crippen LogP contribution is -2.36. The summed E-state index contributed by atoms with van der Waals surface area (Å²) in [5.74, 6) is 0. The number of aryl methyl sites for hydroxylation is 1. The zero-order chi connectivity index (χ0) is 15.7. The fraction of sp³-hybridized carbons (Fsp3) is 0.700. The minimum Gasteiger partial charge on any atom is -0.394 e. The van der Waals surface area contributed by atoms with Crippen molar-refractivity contribution in [3.05, 3.63) is 11.4 Å². The first-order chi connectivity index (χ1) is 9.00. The molecule has 116 valence electrons. The number of aromatic nitrogens is 2. The van der Waals surface area contributed by atoms with Crippen LogP contribution >= 0.6 is 0 Å². The molecular formula is C10H16F3N3O3S. The Morgan fingerprint density at radius 2 is 1.90 bits per heavy atom. The highest BCUT2D eigenvalue weighted by molar-refractivity contribution is 7.89. The van der Waals surface area contributed by atoms with Crippen molar-refractivity contribution in [2.75, 3.05) is 20.2 Å². The van der Waals surface area contributed by atoms with E-state index in [0.29, 0.717) is 0 Å². The maximum absolute atomic E-state index is 12.3. The molecule has 0 unspecified atom stereocenters. The third-order valence-corrected chi connectivity index (χ3v) is 4.75. The molecule has 0 saturated heterocycles. The van der Waals surface area contributed by atoms with Crippen molar-refractivity contribution in [2.24, 2.45) is 0 Å². The quantitative estimate of drug-likeness (QED) is 0.867. The number of aliphatic hydroxyl groups excluding tert-OH is 1. The fourth-order valence-corrected chi connectivity index (χ4v) is 3.38. The Bertz CT molecular complexity index is 581. The minimum atomic E-state index is -4.62. The van der Waals surface area contributed by atoms with Crippen LogP contribution in [0.5, 0.6) is 0 Å². The molecule has 1 rings (SSSR count). The Morgan fingerprint density at radius 3 is 2.35 bits per heavy atom. The van der Waals surface area contributed by atoms with E-state index in [1.807, 2.05) is 0 Å². The minimum absolute atomic E-state index is 0.0746. The maximum atomic E-state index is 12.3. The van der Waals surface area contributed by atoms with Crippen molar-refractivity contribution in [3.63, 3.8) is 0 Å². The van der Waals surface area contributed by atoms with Gasteiger partial charge in [-0.25, -0.2) is 8.42 Å². The van der Waals surface area contributed by atoms with E-state index < -0.39 is 22.7 Å². The van der Waals surface area contributed by atoms with Gasteiger partial charge >= 0.3 is 6.18 Å². The van der Waals surface area contributed by atoms with Crippen LogP contribution in [0.1, 0.15) is 11.4 Å². The molecule has 0 saturated carbocycles. The standard InChI is InChI=1S/C10H16F3N3O3S/c1-7-9(8(2)16(14-7)4-5-17)20(18,19)15(3)6-10(11,12)13/h17H,4-6H2,1-3H3. The molecule has 0 aliphatic carbocycles. The van der Waals surface area contributed by atoms with Crippen molar-refractivity contribution < 1.29 is 26.7 Å². The number of alkyl halides is 3. The number of aliphatic hydroxyl groups is 1. The first kappa shape index (κ1) is 16.9. The zero-order valence-corrected chi connectivity index (χ0v) is 12.1. The van der Waals surface area contributed by atoms with E-state index >= 15 is 0 Å². The van der Waals surface area contributed by atoms with E-state index in [1.165, 1.54) is 18.5 Å². The molecular weight excluding hydrogens is 299 g/mol. The van der Waals surface area contributed by atoms with E-state index in [1.54, 1.807) is 0 Å². The Labute approximate surface area is 114 Å². The third kappa shape index (κ3) is 3.49. The summed E-state index contributed by atoms with van der Waals surface area (Å²) in [5.41, 5.74) is 0.301. The number of hydrogen-bond acceptors (Lipinski definition) is 4. The summed E-state index contributed by atoms with van der Waals surface area (Å²) in [7, 11) is -3.42. The highest BCUT2D eigenvalue weighted by atomic mass is 32.2. The highest BCUT2D eigenvalue weighted by Crippen LogP contribution is 2.25. The van der Waals surface area contributed by atoms with Crippen LogP contribution in [0.4, 0.5) is 13.2 Å². The van der Waals surface area contributed by atoms with E-state index in [0.717, 1.165) is 7.05 Å². The SMILES string of the molecule is Cc1nn(CCO)c(C)c1S(=O)(=O)N(C)CC(F)(F)F. The van der Waals surface area contributed by atoms with Gasteiger partial charge in [-0.2, -0.15) is 22.6 Å². The van der Waals surface area contributed by atoms with Crippen molar-refractivity contribution in [1.29, 1.82) is 0 Å². The van der Waals surface area contributed by atoms with Crippen LogP contribution in [-0.2, 0) is 16.6 Å². The maximum Gasteiger partial charge on any atom is 0.402 e. The van der Waals surface area contributed by atoms with Crippen LogP contribution in [0.25, 0.3) is 0 Å². The lowest BCUT2D eigenvalue weighted by Gasteiger charge is -2.19. The zero-order valence-electron chi connectivity index (χ0n) is 11.3. The molecule has 1 heterocycles. The molecule has 0 aromatic carbocycles. The summed E-state index contributed by atoms with van der Waals surface area (Å²) in [5, 5.41) is 12.8. The number of nitrogens with zero attached hydrogens (tertiary/aromatic N) is 3. The van der Waals surface area contributed by atoms with Gasteiger partial charge in [0, 0.05) is 7.05 Å². The average molecular weight is 315 g/mol. The smallest absolute Gasteiger partial charge is 0.394 e. The normalized spacial score (nSPS) is 13.2. The average Bonchev–Trinajstić information content (AvgIpc) is 2.52. The number of rotatable bonds is 5. The monoisotopic (exact) mass is 315 g/mol. The first-order valence-electron chi connectivity index (χ1n) is 5.68. The highest BCUT2D eigenvalue weighted by Gasteiger charge is 2.37. The van der Waals surface area contributed by atoms with Gasteiger partial charge in [-0.15, -0.1) is 0 Å². The van der Waals surface area contributed by atoms with Gasteiger partial charge < -0.3 is 5.11 Å². The van der Waals surface area contributed by atoms with Gasteiger partial charge in [0.2, 0.25) is 10.0 Å². The Hall–Kier alpha value is -1.13. The van der Waals surface area contributed by atoms with Crippen LogP contribution in [0.2, 0.25) is 0 Å². The molecule has 1 aromatic heterocycles. The predicted molar refractivity (Wildman–Crippen MR) is 64.7 cm³/mol. The van der Waals surface area contributed by atoms with Crippen molar-refractivity contribution in [1.82, 2.24) is 14.1 Å². The largest absolute Gasteiger partial charge is 0.402 e. The van der Waals surface area contributed by atoms with Crippen LogP contribution in [-0.4, -0.2) is 54.0 Å². The molecule has 0 aliphatic heterocycles. The molecule has 1 aromatic rings. The molecule has 0 fully saturated rings. The lowest BCUT2D eigenvalue weighted by molar-refractivity contribution is -0.134.